The van der Waals surface area contributed by atoms with E-state index < -0.39 is 0 Å². The number of hydrogen-bond acceptors (Lipinski definition) is 4. The van der Waals surface area contributed by atoms with Crippen molar-refractivity contribution in [1.82, 2.24) is 9.97 Å². The summed E-state index contributed by atoms with van der Waals surface area (Å²) in [4.78, 5) is 8.67. The Kier molecular flexibility index (Phi) is 9.58. The molecule has 21 heavy (non-hydrogen) atoms. The van der Waals surface area contributed by atoms with Crippen molar-refractivity contribution in [2.75, 3.05) is 18.5 Å². The number of rotatable bonds is 12. The van der Waals surface area contributed by atoms with E-state index >= 15 is 0 Å². The van der Waals surface area contributed by atoms with Crippen molar-refractivity contribution in [2.24, 2.45) is 0 Å². The van der Waals surface area contributed by atoms with Crippen molar-refractivity contribution in [3.8, 4) is 5.75 Å². The molecular formula is C17H31N3O. The Morgan fingerprint density at radius 2 is 1.71 bits per heavy atom. The van der Waals surface area contributed by atoms with Crippen LogP contribution in [0.15, 0.2) is 6.20 Å². The van der Waals surface area contributed by atoms with Gasteiger partial charge in [0.15, 0.2) is 11.6 Å². The standard InChI is InChI=1S/C17H31N3O/c1-4-6-8-9-10-11-13-21-16-14-19-15(3)20-17(16)18-12-7-5-2/h14H,4-13H2,1-3H3,(H,18,19,20). The molecule has 120 valence electrons. The third kappa shape index (κ3) is 7.88. The largest absolute Gasteiger partial charge is 0.488 e. The van der Waals surface area contributed by atoms with Gasteiger partial charge < -0.3 is 10.1 Å². The van der Waals surface area contributed by atoms with Crippen LogP contribution in [0.2, 0.25) is 0 Å². The average Bonchev–Trinajstić information content (AvgIpc) is 2.48. The molecule has 1 N–H and O–H groups in total. The topological polar surface area (TPSA) is 47.0 Å². The van der Waals surface area contributed by atoms with Crippen LogP contribution in [0.25, 0.3) is 0 Å². The monoisotopic (exact) mass is 293 g/mol. The Morgan fingerprint density at radius 3 is 2.48 bits per heavy atom. The van der Waals surface area contributed by atoms with E-state index in [-0.39, 0.29) is 0 Å². The maximum Gasteiger partial charge on any atom is 0.179 e. The second-order valence-electron chi connectivity index (χ2n) is 5.53. The van der Waals surface area contributed by atoms with Gasteiger partial charge >= 0.3 is 0 Å². The molecule has 1 heterocycles. The summed E-state index contributed by atoms with van der Waals surface area (Å²) in [7, 11) is 0. The maximum atomic E-state index is 5.84. The molecule has 0 aliphatic carbocycles. The molecule has 0 aliphatic heterocycles. The molecule has 0 radical (unpaired) electrons. The molecule has 0 atom stereocenters. The van der Waals surface area contributed by atoms with Crippen molar-refractivity contribution in [3.05, 3.63) is 12.0 Å². The van der Waals surface area contributed by atoms with E-state index in [9.17, 15) is 0 Å². The molecule has 0 unspecified atom stereocenters. The zero-order valence-corrected chi connectivity index (χ0v) is 14.0. The van der Waals surface area contributed by atoms with Gasteiger partial charge in [0.25, 0.3) is 0 Å². The van der Waals surface area contributed by atoms with Crippen LogP contribution < -0.4 is 10.1 Å². The quantitative estimate of drug-likeness (QED) is 0.566. The summed E-state index contributed by atoms with van der Waals surface area (Å²) < 4.78 is 5.84. The van der Waals surface area contributed by atoms with Crippen molar-refractivity contribution < 1.29 is 4.74 Å². The summed E-state index contributed by atoms with van der Waals surface area (Å²) in [6, 6.07) is 0. The normalized spacial score (nSPS) is 10.6. The van der Waals surface area contributed by atoms with Crippen molar-refractivity contribution in [2.45, 2.75) is 72.1 Å². The lowest BCUT2D eigenvalue weighted by Gasteiger charge is -2.12. The van der Waals surface area contributed by atoms with Crippen molar-refractivity contribution in [3.63, 3.8) is 0 Å². The highest BCUT2D eigenvalue weighted by Crippen LogP contribution is 2.21. The third-order valence-corrected chi connectivity index (χ3v) is 3.45. The highest BCUT2D eigenvalue weighted by molar-refractivity contribution is 5.48. The zero-order chi connectivity index (χ0) is 15.3. The zero-order valence-electron chi connectivity index (χ0n) is 14.0. The van der Waals surface area contributed by atoms with Crippen LogP contribution >= 0.6 is 0 Å². The van der Waals surface area contributed by atoms with E-state index in [4.69, 9.17) is 4.74 Å². The van der Waals surface area contributed by atoms with Crippen LogP contribution in [0.4, 0.5) is 5.82 Å². The van der Waals surface area contributed by atoms with E-state index in [1.165, 1.54) is 38.5 Å². The van der Waals surface area contributed by atoms with Gasteiger partial charge in [-0.2, -0.15) is 0 Å². The summed E-state index contributed by atoms with van der Waals surface area (Å²) in [5.74, 6) is 2.40. The number of hydrogen-bond donors (Lipinski definition) is 1. The van der Waals surface area contributed by atoms with E-state index in [0.29, 0.717) is 0 Å². The first-order chi connectivity index (χ1) is 10.3. The van der Waals surface area contributed by atoms with E-state index in [0.717, 1.165) is 43.4 Å². The maximum absolute atomic E-state index is 5.84. The molecule has 0 spiro atoms. The molecule has 4 heteroatoms. The van der Waals surface area contributed by atoms with Gasteiger partial charge in [0.05, 0.1) is 12.8 Å². The van der Waals surface area contributed by atoms with Gasteiger partial charge in [-0.05, 0) is 19.8 Å². The van der Waals surface area contributed by atoms with Crippen LogP contribution in [0.1, 0.15) is 71.0 Å². The SMILES string of the molecule is CCCCCCCCOc1cnc(C)nc1NCCCC. The minimum atomic E-state index is 0.751. The van der Waals surface area contributed by atoms with Crippen LogP contribution in [0, 0.1) is 6.92 Å². The Hall–Kier alpha value is -1.32. The number of aromatic nitrogens is 2. The van der Waals surface area contributed by atoms with E-state index in [1.807, 2.05) is 6.92 Å². The summed E-state index contributed by atoms with van der Waals surface area (Å²) >= 11 is 0. The van der Waals surface area contributed by atoms with Crippen molar-refractivity contribution in [1.29, 1.82) is 0 Å². The Balaban J connectivity index is 2.32. The first-order valence-electron chi connectivity index (χ1n) is 8.48. The summed E-state index contributed by atoms with van der Waals surface area (Å²) in [5, 5.41) is 3.35. The molecule has 4 nitrogen and oxygen atoms in total. The van der Waals surface area contributed by atoms with E-state index in [1.54, 1.807) is 6.20 Å². The molecule has 0 aromatic carbocycles. The van der Waals surface area contributed by atoms with Crippen molar-refractivity contribution >= 4 is 5.82 Å². The first-order valence-corrected chi connectivity index (χ1v) is 8.48. The number of ether oxygens (including phenoxy) is 1. The summed E-state index contributed by atoms with van der Waals surface area (Å²) in [6.07, 6.45) is 11.7. The number of anilines is 1. The van der Waals surface area contributed by atoms with Gasteiger partial charge in [0.1, 0.15) is 5.82 Å². The number of aryl methyl sites for hydroxylation is 1. The number of nitrogens with one attached hydrogen (secondary N) is 1. The molecule has 0 saturated carbocycles. The predicted octanol–water partition coefficient (Wildman–Crippen LogP) is 4.74. The lowest BCUT2D eigenvalue weighted by atomic mass is 10.1. The highest BCUT2D eigenvalue weighted by Gasteiger charge is 2.06. The number of nitrogens with zero attached hydrogens (tertiary/aromatic N) is 2. The Labute approximate surface area is 129 Å². The molecule has 1 rings (SSSR count). The lowest BCUT2D eigenvalue weighted by Crippen LogP contribution is -2.08. The third-order valence-electron chi connectivity index (χ3n) is 3.45. The predicted molar refractivity (Wildman–Crippen MR) is 89.0 cm³/mol. The molecular weight excluding hydrogens is 262 g/mol. The molecule has 0 bridgehead atoms. The summed E-state index contributed by atoms with van der Waals surface area (Å²) in [5.41, 5.74) is 0. The van der Waals surface area contributed by atoms with Gasteiger partial charge in [-0.3, -0.25) is 0 Å². The van der Waals surface area contributed by atoms with Crippen LogP contribution in [0.5, 0.6) is 5.75 Å². The molecule has 0 saturated heterocycles. The van der Waals surface area contributed by atoms with Gasteiger partial charge in [-0.25, -0.2) is 9.97 Å². The van der Waals surface area contributed by atoms with Gasteiger partial charge in [-0.1, -0.05) is 52.4 Å². The lowest BCUT2D eigenvalue weighted by molar-refractivity contribution is 0.303. The van der Waals surface area contributed by atoms with Gasteiger partial charge in [0.2, 0.25) is 0 Å². The molecule has 0 aliphatic rings. The number of unbranched alkanes of at least 4 members (excludes halogenated alkanes) is 6. The fraction of sp³-hybridized carbons (Fsp3) is 0.765. The van der Waals surface area contributed by atoms with Gasteiger partial charge in [-0.15, -0.1) is 0 Å². The minimum Gasteiger partial charge on any atom is -0.488 e. The molecule has 1 aromatic heterocycles. The minimum absolute atomic E-state index is 0.751. The molecule has 0 amide bonds. The Morgan fingerprint density at radius 1 is 1.00 bits per heavy atom. The van der Waals surface area contributed by atoms with Crippen LogP contribution in [-0.2, 0) is 0 Å². The second-order valence-corrected chi connectivity index (χ2v) is 5.53. The average molecular weight is 293 g/mol. The smallest absolute Gasteiger partial charge is 0.179 e. The second kappa shape index (κ2) is 11.4. The fourth-order valence-corrected chi connectivity index (χ4v) is 2.14. The molecule has 0 fully saturated rings. The Bertz CT molecular complexity index is 382. The molecule has 1 aromatic rings. The van der Waals surface area contributed by atoms with Crippen LogP contribution in [-0.4, -0.2) is 23.1 Å². The van der Waals surface area contributed by atoms with Gasteiger partial charge in [0, 0.05) is 6.54 Å². The summed E-state index contributed by atoms with van der Waals surface area (Å²) in [6.45, 7) is 8.01. The first kappa shape index (κ1) is 17.7. The van der Waals surface area contributed by atoms with E-state index in [2.05, 4.69) is 29.1 Å². The van der Waals surface area contributed by atoms with Crippen LogP contribution in [0.3, 0.4) is 0 Å². The highest BCUT2D eigenvalue weighted by atomic mass is 16.5. The fourth-order valence-electron chi connectivity index (χ4n) is 2.14.